The van der Waals surface area contributed by atoms with Crippen LogP contribution in [0, 0.1) is 0 Å². The third-order valence-electron chi connectivity index (χ3n) is 3.16. The highest BCUT2D eigenvalue weighted by Gasteiger charge is 2.08. The fourth-order valence-electron chi connectivity index (χ4n) is 1.94. The third kappa shape index (κ3) is 4.65. The van der Waals surface area contributed by atoms with Gasteiger partial charge >= 0.3 is 0 Å². The van der Waals surface area contributed by atoms with Gasteiger partial charge in [-0.3, -0.25) is 4.79 Å². The molecule has 0 bridgehead atoms. The molecule has 0 unspecified atom stereocenters. The first-order valence-electron chi connectivity index (χ1n) is 7.14. The molecule has 1 aromatic carbocycles. The summed E-state index contributed by atoms with van der Waals surface area (Å²) in [6, 6.07) is 8.36. The van der Waals surface area contributed by atoms with E-state index in [4.69, 9.17) is 5.11 Å². The standard InChI is InChI=1S/C16H20N2O2S/c1-2-12-4-6-13(7-5-12)16-18-14(11-21-16)10-15(20)17-8-3-9-19/h4-7,11,19H,2-3,8-10H2,1H3,(H,17,20). The third-order valence-corrected chi connectivity index (χ3v) is 4.10. The molecule has 0 aliphatic heterocycles. The van der Waals surface area contributed by atoms with Gasteiger partial charge in [0.2, 0.25) is 5.91 Å². The van der Waals surface area contributed by atoms with Crippen molar-refractivity contribution in [2.45, 2.75) is 26.2 Å². The van der Waals surface area contributed by atoms with E-state index in [2.05, 4.69) is 41.5 Å². The predicted octanol–water partition coefficient (Wildman–Crippen LogP) is 2.41. The smallest absolute Gasteiger partial charge is 0.226 e. The Morgan fingerprint density at radius 2 is 2.10 bits per heavy atom. The molecule has 1 amide bonds. The highest BCUT2D eigenvalue weighted by Crippen LogP contribution is 2.24. The molecular weight excluding hydrogens is 284 g/mol. The lowest BCUT2D eigenvalue weighted by molar-refractivity contribution is -0.120. The van der Waals surface area contributed by atoms with E-state index in [1.54, 1.807) is 11.3 Å². The number of nitrogens with zero attached hydrogens (tertiary/aromatic N) is 1. The summed E-state index contributed by atoms with van der Waals surface area (Å²) in [5.74, 6) is -0.0540. The van der Waals surface area contributed by atoms with Gasteiger partial charge in [0.1, 0.15) is 5.01 Å². The Morgan fingerprint density at radius 3 is 2.76 bits per heavy atom. The summed E-state index contributed by atoms with van der Waals surface area (Å²) < 4.78 is 0. The van der Waals surface area contributed by atoms with Crippen molar-refractivity contribution >= 4 is 17.2 Å². The summed E-state index contributed by atoms with van der Waals surface area (Å²) in [7, 11) is 0. The number of aliphatic hydroxyl groups excluding tert-OH is 1. The van der Waals surface area contributed by atoms with Gasteiger partial charge in [-0.25, -0.2) is 4.98 Å². The zero-order chi connectivity index (χ0) is 15.1. The predicted molar refractivity (Wildman–Crippen MR) is 85.3 cm³/mol. The van der Waals surface area contributed by atoms with Gasteiger partial charge < -0.3 is 10.4 Å². The van der Waals surface area contributed by atoms with Crippen LogP contribution in [0.2, 0.25) is 0 Å². The van der Waals surface area contributed by atoms with Crippen LogP contribution in [0.5, 0.6) is 0 Å². The van der Waals surface area contributed by atoms with E-state index >= 15 is 0 Å². The number of nitrogens with one attached hydrogen (secondary N) is 1. The van der Waals surface area contributed by atoms with Crippen LogP contribution < -0.4 is 5.32 Å². The topological polar surface area (TPSA) is 62.2 Å². The summed E-state index contributed by atoms with van der Waals surface area (Å²) >= 11 is 1.56. The molecule has 0 saturated carbocycles. The molecular formula is C16H20N2O2S. The van der Waals surface area contributed by atoms with Gasteiger partial charge in [-0.05, 0) is 18.4 Å². The molecule has 0 spiro atoms. The minimum Gasteiger partial charge on any atom is -0.396 e. The second-order valence-electron chi connectivity index (χ2n) is 4.80. The second kappa shape index (κ2) is 7.90. The average Bonchev–Trinajstić information content (AvgIpc) is 2.96. The van der Waals surface area contributed by atoms with Crippen molar-refractivity contribution in [2.75, 3.05) is 13.2 Å². The van der Waals surface area contributed by atoms with Gasteiger partial charge in [0, 0.05) is 24.1 Å². The lowest BCUT2D eigenvalue weighted by atomic mass is 10.1. The van der Waals surface area contributed by atoms with Crippen LogP contribution >= 0.6 is 11.3 Å². The molecule has 1 aromatic heterocycles. The molecule has 5 heteroatoms. The van der Waals surface area contributed by atoms with E-state index in [1.807, 2.05) is 5.38 Å². The molecule has 2 N–H and O–H groups in total. The van der Waals surface area contributed by atoms with Crippen LogP contribution in [0.4, 0.5) is 0 Å². The first kappa shape index (κ1) is 15.7. The van der Waals surface area contributed by atoms with Crippen LogP contribution in [-0.2, 0) is 17.6 Å². The van der Waals surface area contributed by atoms with Crippen molar-refractivity contribution in [1.29, 1.82) is 0 Å². The molecule has 0 fully saturated rings. The summed E-state index contributed by atoms with van der Waals surface area (Å²) in [5.41, 5.74) is 3.18. The highest BCUT2D eigenvalue weighted by atomic mass is 32.1. The SMILES string of the molecule is CCc1ccc(-c2nc(CC(=O)NCCCO)cs2)cc1. The zero-order valence-electron chi connectivity index (χ0n) is 12.1. The lowest BCUT2D eigenvalue weighted by Gasteiger charge is -2.02. The number of rotatable bonds is 7. The number of amides is 1. The molecule has 1 heterocycles. The van der Waals surface area contributed by atoms with Gasteiger partial charge in [0.25, 0.3) is 0 Å². The number of aryl methyl sites for hydroxylation is 1. The minimum atomic E-state index is -0.0540. The van der Waals surface area contributed by atoms with Gasteiger partial charge in [0.15, 0.2) is 0 Å². The second-order valence-corrected chi connectivity index (χ2v) is 5.66. The van der Waals surface area contributed by atoms with Crippen LogP contribution in [0.1, 0.15) is 24.6 Å². The van der Waals surface area contributed by atoms with Crippen molar-refractivity contribution < 1.29 is 9.90 Å². The van der Waals surface area contributed by atoms with Crippen molar-refractivity contribution in [3.8, 4) is 10.6 Å². The van der Waals surface area contributed by atoms with Crippen molar-refractivity contribution in [1.82, 2.24) is 10.3 Å². The highest BCUT2D eigenvalue weighted by molar-refractivity contribution is 7.13. The summed E-state index contributed by atoms with van der Waals surface area (Å²) in [6.45, 7) is 2.73. The molecule has 21 heavy (non-hydrogen) atoms. The van der Waals surface area contributed by atoms with E-state index in [0.717, 1.165) is 22.7 Å². The maximum absolute atomic E-state index is 11.7. The van der Waals surface area contributed by atoms with E-state index in [-0.39, 0.29) is 18.9 Å². The Kier molecular flexibility index (Phi) is 5.90. The van der Waals surface area contributed by atoms with E-state index < -0.39 is 0 Å². The number of carbonyl (C=O) groups is 1. The largest absolute Gasteiger partial charge is 0.396 e. The van der Waals surface area contributed by atoms with Gasteiger partial charge in [-0.15, -0.1) is 11.3 Å². The summed E-state index contributed by atoms with van der Waals surface area (Å²) in [4.78, 5) is 16.2. The fraction of sp³-hybridized carbons (Fsp3) is 0.375. The summed E-state index contributed by atoms with van der Waals surface area (Å²) in [5, 5.41) is 14.3. The minimum absolute atomic E-state index is 0.0540. The Bertz CT molecular complexity index is 578. The maximum Gasteiger partial charge on any atom is 0.226 e. The molecule has 0 aliphatic carbocycles. The van der Waals surface area contributed by atoms with Crippen LogP contribution in [0.25, 0.3) is 10.6 Å². The Morgan fingerprint density at radius 1 is 1.33 bits per heavy atom. The Labute approximate surface area is 128 Å². The Hall–Kier alpha value is -1.72. The Balaban J connectivity index is 1.95. The lowest BCUT2D eigenvalue weighted by Crippen LogP contribution is -2.26. The number of hydrogen-bond donors (Lipinski definition) is 2. The number of aliphatic hydroxyl groups is 1. The normalized spacial score (nSPS) is 10.6. The fourth-order valence-corrected chi connectivity index (χ4v) is 2.76. The molecule has 0 radical (unpaired) electrons. The number of carbonyl (C=O) groups excluding carboxylic acids is 1. The van der Waals surface area contributed by atoms with Crippen molar-refractivity contribution in [3.63, 3.8) is 0 Å². The van der Waals surface area contributed by atoms with Gasteiger partial charge in [-0.2, -0.15) is 0 Å². The quantitative estimate of drug-likeness (QED) is 0.772. The van der Waals surface area contributed by atoms with E-state index in [0.29, 0.717) is 13.0 Å². The van der Waals surface area contributed by atoms with Crippen LogP contribution in [0.15, 0.2) is 29.6 Å². The summed E-state index contributed by atoms with van der Waals surface area (Å²) in [6.07, 6.45) is 1.89. The average molecular weight is 304 g/mol. The molecule has 0 atom stereocenters. The van der Waals surface area contributed by atoms with Gasteiger partial charge in [0.05, 0.1) is 12.1 Å². The monoisotopic (exact) mass is 304 g/mol. The molecule has 2 aromatic rings. The number of benzene rings is 1. The molecule has 2 rings (SSSR count). The van der Waals surface area contributed by atoms with Crippen molar-refractivity contribution in [3.05, 3.63) is 40.9 Å². The molecule has 4 nitrogen and oxygen atoms in total. The first-order chi connectivity index (χ1) is 10.2. The first-order valence-corrected chi connectivity index (χ1v) is 8.02. The maximum atomic E-state index is 11.7. The van der Waals surface area contributed by atoms with Crippen molar-refractivity contribution in [2.24, 2.45) is 0 Å². The molecule has 0 aliphatic rings. The van der Waals surface area contributed by atoms with Gasteiger partial charge in [-0.1, -0.05) is 31.2 Å². The number of thiazole rings is 1. The number of hydrogen-bond acceptors (Lipinski definition) is 4. The zero-order valence-corrected chi connectivity index (χ0v) is 12.9. The van der Waals surface area contributed by atoms with E-state index in [9.17, 15) is 4.79 Å². The molecule has 112 valence electrons. The van der Waals surface area contributed by atoms with Crippen LogP contribution in [-0.4, -0.2) is 29.1 Å². The number of aromatic nitrogens is 1. The van der Waals surface area contributed by atoms with Crippen LogP contribution in [0.3, 0.4) is 0 Å². The molecule has 0 saturated heterocycles. The van der Waals surface area contributed by atoms with E-state index in [1.165, 1.54) is 5.56 Å².